The van der Waals surface area contributed by atoms with Gasteiger partial charge < -0.3 is 4.74 Å². The van der Waals surface area contributed by atoms with Crippen LogP contribution in [0.15, 0.2) is 47.4 Å². The standard InChI is InChI=1S/C17H18ClNO3S/c1-22-16-10-9-13(18)11-17(16)23(20,21)19-15-8-4-6-12-5-2-3-7-14(12)15/h2-3,5,7,9-11,15,19H,4,6,8H2,1H3. The van der Waals surface area contributed by atoms with Gasteiger partial charge in [-0.2, -0.15) is 0 Å². The lowest BCUT2D eigenvalue weighted by Crippen LogP contribution is -2.31. The van der Waals surface area contributed by atoms with Gasteiger partial charge in [0.2, 0.25) is 10.0 Å². The highest BCUT2D eigenvalue weighted by Crippen LogP contribution is 2.33. The summed E-state index contributed by atoms with van der Waals surface area (Å²) in [5, 5.41) is 0.357. The molecule has 4 nitrogen and oxygen atoms in total. The van der Waals surface area contributed by atoms with E-state index in [1.807, 2.05) is 18.2 Å². The van der Waals surface area contributed by atoms with Crippen molar-refractivity contribution < 1.29 is 13.2 Å². The number of rotatable bonds is 4. The summed E-state index contributed by atoms with van der Waals surface area (Å²) in [6.07, 6.45) is 2.71. The molecule has 2 aromatic rings. The fourth-order valence-electron chi connectivity index (χ4n) is 2.99. The van der Waals surface area contributed by atoms with Crippen LogP contribution < -0.4 is 9.46 Å². The van der Waals surface area contributed by atoms with Crippen LogP contribution in [0, 0.1) is 0 Å². The Hall–Kier alpha value is -1.56. The summed E-state index contributed by atoms with van der Waals surface area (Å²) in [6, 6.07) is 12.3. The van der Waals surface area contributed by atoms with Gasteiger partial charge in [0.05, 0.1) is 7.11 Å². The maximum atomic E-state index is 12.8. The molecule has 0 bridgehead atoms. The summed E-state index contributed by atoms with van der Waals surface area (Å²) in [4.78, 5) is 0.0653. The van der Waals surface area contributed by atoms with Gasteiger partial charge in [0.15, 0.2) is 0 Å². The zero-order valence-electron chi connectivity index (χ0n) is 12.8. The van der Waals surface area contributed by atoms with E-state index in [1.54, 1.807) is 12.1 Å². The number of benzene rings is 2. The molecule has 2 aromatic carbocycles. The van der Waals surface area contributed by atoms with E-state index in [4.69, 9.17) is 16.3 Å². The maximum Gasteiger partial charge on any atom is 0.244 e. The molecule has 0 aliphatic heterocycles. The third-order valence-electron chi connectivity index (χ3n) is 4.08. The first-order valence-electron chi connectivity index (χ1n) is 7.45. The van der Waals surface area contributed by atoms with Gasteiger partial charge in [-0.1, -0.05) is 35.9 Å². The number of nitrogens with one attached hydrogen (secondary N) is 1. The minimum absolute atomic E-state index is 0.0653. The Morgan fingerprint density at radius 1 is 1.22 bits per heavy atom. The largest absolute Gasteiger partial charge is 0.495 e. The van der Waals surface area contributed by atoms with E-state index in [2.05, 4.69) is 10.8 Å². The third kappa shape index (κ3) is 3.37. The molecule has 1 N–H and O–H groups in total. The van der Waals surface area contributed by atoms with Crippen LogP contribution in [0.5, 0.6) is 5.75 Å². The molecule has 1 atom stereocenters. The Bertz CT molecular complexity index is 820. The lowest BCUT2D eigenvalue weighted by atomic mass is 9.88. The molecule has 0 spiro atoms. The fraction of sp³-hybridized carbons (Fsp3) is 0.294. The van der Waals surface area contributed by atoms with Crippen LogP contribution in [0.3, 0.4) is 0 Å². The second-order valence-corrected chi connectivity index (χ2v) is 7.68. The van der Waals surface area contributed by atoms with Gasteiger partial charge in [-0.05, 0) is 48.6 Å². The number of hydrogen-bond donors (Lipinski definition) is 1. The predicted octanol–water partition coefficient (Wildman–Crippen LogP) is 3.70. The molecule has 122 valence electrons. The summed E-state index contributed by atoms with van der Waals surface area (Å²) in [7, 11) is -2.28. The van der Waals surface area contributed by atoms with E-state index < -0.39 is 10.0 Å². The van der Waals surface area contributed by atoms with E-state index >= 15 is 0 Å². The monoisotopic (exact) mass is 351 g/mol. The number of sulfonamides is 1. The SMILES string of the molecule is COc1ccc(Cl)cc1S(=O)(=O)NC1CCCc2ccccc21. The van der Waals surface area contributed by atoms with Crippen LogP contribution in [0.4, 0.5) is 0 Å². The average molecular weight is 352 g/mol. The van der Waals surface area contributed by atoms with Gasteiger partial charge in [0.1, 0.15) is 10.6 Å². The molecule has 0 saturated heterocycles. The summed E-state index contributed by atoms with van der Waals surface area (Å²) >= 11 is 5.96. The average Bonchev–Trinajstić information content (AvgIpc) is 2.55. The predicted molar refractivity (Wildman–Crippen MR) is 90.4 cm³/mol. The van der Waals surface area contributed by atoms with Gasteiger partial charge in [0, 0.05) is 11.1 Å². The Kier molecular flexibility index (Phi) is 4.62. The Labute approximate surface area is 141 Å². The van der Waals surface area contributed by atoms with Crippen molar-refractivity contribution in [3.8, 4) is 5.75 Å². The van der Waals surface area contributed by atoms with Crippen LogP contribution in [0.2, 0.25) is 5.02 Å². The van der Waals surface area contributed by atoms with Crippen molar-refractivity contribution in [3.63, 3.8) is 0 Å². The number of aryl methyl sites for hydroxylation is 1. The first-order valence-corrected chi connectivity index (χ1v) is 9.31. The molecule has 1 aliphatic carbocycles. The minimum Gasteiger partial charge on any atom is -0.495 e. The van der Waals surface area contributed by atoms with Gasteiger partial charge in [-0.3, -0.25) is 0 Å². The van der Waals surface area contributed by atoms with Gasteiger partial charge in [-0.25, -0.2) is 13.1 Å². The first kappa shape index (κ1) is 16.3. The molecule has 0 radical (unpaired) electrons. The van der Waals surface area contributed by atoms with Crippen LogP contribution >= 0.6 is 11.6 Å². The second kappa shape index (κ2) is 6.51. The summed E-state index contributed by atoms with van der Waals surface area (Å²) in [6.45, 7) is 0. The molecule has 1 unspecified atom stereocenters. The highest BCUT2D eigenvalue weighted by Gasteiger charge is 2.27. The second-order valence-electron chi connectivity index (χ2n) is 5.56. The molecular formula is C17H18ClNO3S. The fourth-order valence-corrected chi connectivity index (χ4v) is 4.67. The molecule has 3 rings (SSSR count). The molecule has 0 fully saturated rings. The number of methoxy groups -OCH3 is 1. The molecular weight excluding hydrogens is 334 g/mol. The Morgan fingerprint density at radius 2 is 2.00 bits per heavy atom. The molecule has 23 heavy (non-hydrogen) atoms. The first-order chi connectivity index (χ1) is 11.0. The Balaban J connectivity index is 1.96. The van der Waals surface area contributed by atoms with E-state index in [1.165, 1.54) is 18.7 Å². The quantitative estimate of drug-likeness (QED) is 0.913. The Morgan fingerprint density at radius 3 is 2.78 bits per heavy atom. The van der Waals surface area contributed by atoms with Crippen LogP contribution in [0.1, 0.15) is 30.0 Å². The van der Waals surface area contributed by atoms with Crippen molar-refractivity contribution in [2.45, 2.75) is 30.2 Å². The molecule has 0 saturated carbocycles. The number of halogens is 1. The van der Waals surface area contributed by atoms with Crippen molar-refractivity contribution >= 4 is 21.6 Å². The normalized spacial score (nSPS) is 17.6. The van der Waals surface area contributed by atoms with Crippen molar-refractivity contribution in [1.29, 1.82) is 0 Å². The van der Waals surface area contributed by atoms with E-state index in [-0.39, 0.29) is 16.7 Å². The van der Waals surface area contributed by atoms with Crippen molar-refractivity contribution in [2.24, 2.45) is 0 Å². The van der Waals surface area contributed by atoms with Crippen LogP contribution in [-0.4, -0.2) is 15.5 Å². The van der Waals surface area contributed by atoms with E-state index in [0.717, 1.165) is 24.8 Å². The van der Waals surface area contributed by atoms with E-state index in [0.29, 0.717) is 5.02 Å². The smallest absolute Gasteiger partial charge is 0.244 e. The molecule has 0 amide bonds. The van der Waals surface area contributed by atoms with Gasteiger partial charge in [-0.15, -0.1) is 0 Å². The summed E-state index contributed by atoms with van der Waals surface area (Å²) in [5.74, 6) is 0.283. The highest BCUT2D eigenvalue weighted by atomic mass is 35.5. The van der Waals surface area contributed by atoms with Crippen molar-refractivity contribution in [1.82, 2.24) is 4.72 Å². The number of ether oxygens (including phenoxy) is 1. The molecule has 0 heterocycles. The van der Waals surface area contributed by atoms with Gasteiger partial charge in [0.25, 0.3) is 0 Å². The zero-order valence-corrected chi connectivity index (χ0v) is 14.3. The van der Waals surface area contributed by atoms with Crippen LogP contribution in [-0.2, 0) is 16.4 Å². The van der Waals surface area contributed by atoms with Gasteiger partial charge >= 0.3 is 0 Å². The molecule has 0 aromatic heterocycles. The van der Waals surface area contributed by atoms with Crippen LogP contribution in [0.25, 0.3) is 0 Å². The lowest BCUT2D eigenvalue weighted by Gasteiger charge is -2.26. The van der Waals surface area contributed by atoms with Crippen molar-refractivity contribution in [2.75, 3.05) is 7.11 Å². The summed E-state index contributed by atoms with van der Waals surface area (Å²) in [5.41, 5.74) is 2.24. The number of hydrogen-bond acceptors (Lipinski definition) is 3. The molecule has 6 heteroatoms. The topological polar surface area (TPSA) is 55.4 Å². The number of fused-ring (bicyclic) bond motifs is 1. The minimum atomic E-state index is -3.73. The third-order valence-corrected chi connectivity index (χ3v) is 5.81. The molecule has 1 aliphatic rings. The van der Waals surface area contributed by atoms with E-state index in [9.17, 15) is 8.42 Å². The lowest BCUT2D eigenvalue weighted by molar-refractivity contribution is 0.401. The zero-order chi connectivity index (χ0) is 16.4. The highest BCUT2D eigenvalue weighted by molar-refractivity contribution is 7.89. The summed E-state index contributed by atoms with van der Waals surface area (Å²) < 4.78 is 33.6. The maximum absolute atomic E-state index is 12.8. The van der Waals surface area contributed by atoms with Crippen molar-refractivity contribution in [3.05, 3.63) is 58.6 Å².